The molecule has 34 heavy (non-hydrogen) atoms. The van der Waals surface area contributed by atoms with E-state index in [9.17, 15) is 9.59 Å². The summed E-state index contributed by atoms with van der Waals surface area (Å²) < 4.78 is 0. The molecule has 0 aromatic carbocycles. The topological polar surface area (TPSA) is 92.9 Å². The first kappa shape index (κ1) is 29.0. The molecule has 0 bridgehead atoms. The van der Waals surface area contributed by atoms with Crippen LogP contribution in [0.15, 0.2) is 0 Å². The third-order valence-electron chi connectivity index (χ3n) is 8.15. The van der Waals surface area contributed by atoms with E-state index >= 15 is 0 Å². The summed E-state index contributed by atoms with van der Waals surface area (Å²) in [4.78, 5) is 27.6. The fraction of sp³-hybridized carbons (Fsp3) is 0.923. The van der Waals surface area contributed by atoms with Crippen molar-refractivity contribution in [1.82, 2.24) is 19.9 Å². The van der Waals surface area contributed by atoms with Gasteiger partial charge in [0.25, 0.3) is 0 Å². The molecule has 2 amide bonds. The number of hydrogen-bond donors (Lipinski definition) is 0. The number of piperidine rings is 2. The molecule has 0 radical (unpaired) electrons. The highest BCUT2D eigenvalue weighted by Crippen LogP contribution is 2.39. The molecule has 0 spiro atoms. The fourth-order valence-corrected chi connectivity index (χ4v) is 6.51. The van der Waals surface area contributed by atoms with Gasteiger partial charge in [0.1, 0.15) is 0 Å². The van der Waals surface area contributed by atoms with Gasteiger partial charge in [-0.05, 0) is 93.9 Å². The molecule has 0 atom stereocenters. The molecule has 0 unspecified atom stereocenters. The van der Waals surface area contributed by atoms with Crippen LogP contribution in [-0.4, -0.2) is 90.5 Å². The average molecular weight is 485 g/mol. The molecule has 2 aliphatic heterocycles. The third-order valence-corrected chi connectivity index (χ3v) is 8.15. The lowest BCUT2D eigenvalue weighted by atomic mass is 9.78. The average Bonchev–Trinajstić information content (AvgIpc) is 2.71. The number of carbonyl (C=O) groups excluding carboxylic acids is 2. The zero-order chi connectivity index (χ0) is 25.9. The normalized spacial score (nSPS) is 25.1. The summed E-state index contributed by atoms with van der Waals surface area (Å²) in [5.41, 5.74) is -1.03. The molecule has 2 rings (SSSR count). The maximum atomic E-state index is 11.9. The molecule has 0 aromatic rings. The summed E-state index contributed by atoms with van der Waals surface area (Å²) in [6, 6.07) is 0.341. The SMILES string of the molecule is CC1(C)CC(N(C=O)CCCCCCN(C=O)C2CC(C)(C)N([OH2+])C(C)(C)C2)CC(C)(C)N1[OH2+]. The van der Waals surface area contributed by atoms with Gasteiger partial charge in [0.15, 0.2) is 0 Å². The summed E-state index contributed by atoms with van der Waals surface area (Å²) in [6.45, 7) is 18.2. The van der Waals surface area contributed by atoms with Gasteiger partial charge < -0.3 is 20.2 Å². The Morgan fingerprint density at radius 2 is 0.882 bits per heavy atom. The van der Waals surface area contributed by atoms with E-state index < -0.39 is 0 Å². The van der Waals surface area contributed by atoms with Gasteiger partial charge in [0.05, 0.1) is 22.2 Å². The van der Waals surface area contributed by atoms with Crippen molar-refractivity contribution in [2.24, 2.45) is 0 Å². The molecule has 2 heterocycles. The van der Waals surface area contributed by atoms with Crippen molar-refractivity contribution in [3.8, 4) is 0 Å². The van der Waals surface area contributed by atoms with Gasteiger partial charge in [-0.3, -0.25) is 9.59 Å². The smallest absolute Gasteiger partial charge is 0.209 e. The molecule has 198 valence electrons. The first-order valence-electron chi connectivity index (χ1n) is 13.0. The first-order chi connectivity index (χ1) is 15.6. The van der Waals surface area contributed by atoms with Gasteiger partial charge in [-0.15, -0.1) is 0 Å². The van der Waals surface area contributed by atoms with Crippen molar-refractivity contribution in [3.63, 3.8) is 0 Å². The van der Waals surface area contributed by atoms with E-state index in [4.69, 9.17) is 10.4 Å². The molecule has 8 heteroatoms. The zero-order valence-corrected chi connectivity index (χ0v) is 23.0. The van der Waals surface area contributed by atoms with E-state index in [1.54, 1.807) is 10.1 Å². The minimum Gasteiger partial charge on any atom is -0.342 e. The summed E-state index contributed by atoms with van der Waals surface area (Å²) in [5.74, 6) is 0. The quantitative estimate of drug-likeness (QED) is 0.256. The van der Waals surface area contributed by atoms with E-state index in [-0.39, 0.29) is 34.2 Å². The van der Waals surface area contributed by atoms with Crippen molar-refractivity contribution in [2.75, 3.05) is 13.1 Å². The lowest BCUT2D eigenvalue weighted by molar-refractivity contribution is -0.251. The molecule has 4 N–H and O–H groups in total. The Kier molecular flexibility index (Phi) is 9.22. The molecular weight excluding hydrogens is 432 g/mol. The van der Waals surface area contributed by atoms with Crippen molar-refractivity contribution in [3.05, 3.63) is 0 Å². The molecule has 2 saturated heterocycles. The van der Waals surface area contributed by atoms with Crippen molar-refractivity contribution < 1.29 is 20.0 Å². The van der Waals surface area contributed by atoms with Crippen LogP contribution in [0.3, 0.4) is 0 Å². The summed E-state index contributed by atoms with van der Waals surface area (Å²) >= 11 is 0. The standard InChI is InChI=1S/C26H50N4O4/c1-23(2)15-21(16-24(3,4)29(23)33)27(19-31)13-11-9-10-12-14-28(20-32)22-17-25(5,6)30(34)26(7,8)18-22/h19-22,33-34H,9-18H2,1-8H3/p+2. The molecular formula is C26H52N4O4+2. The third kappa shape index (κ3) is 6.71. The van der Waals surface area contributed by atoms with Gasteiger partial charge in [-0.2, -0.15) is 0 Å². The van der Waals surface area contributed by atoms with Crippen LogP contribution in [0.1, 0.15) is 107 Å². The Balaban J connectivity index is 1.79. The number of carbonyl (C=O) groups is 2. The first-order valence-corrected chi connectivity index (χ1v) is 13.0. The van der Waals surface area contributed by atoms with Crippen LogP contribution >= 0.6 is 0 Å². The predicted molar refractivity (Wildman–Crippen MR) is 137 cm³/mol. The Labute approximate surface area is 207 Å². The minimum atomic E-state index is -0.259. The molecule has 0 aromatic heterocycles. The van der Waals surface area contributed by atoms with Crippen LogP contribution in [0.2, 0.25) is 0 Å². The van der Waals surface area contributed by atoms with Gasteiger partial charge in [0.2, 0.25) is 12.8 Å². The van der Waals surface area contributed by atoms with Crippen LogP contribution in [0.5, 0.6) is 0 Å². The van der Waals surface area contributed by atoms with E-state index in [2.05, 4.69) is 55.4 Å². The number of hydroxylamine groups is 4. The Bertz CT molecular complexity index is 600. The van der Waals surface area contributed by atoms with Crippen LogP contribution in [0.4, 0.5) is 0 Å². The number of nitrogens with zero attached hydrogens (tertiary/aromatic N) is 4. The van der Waals surface area contributed by atoms with Crippen molar-refractivity contribution in [1.29, 1.82) is 0 Å². The maximum absolute atomic E-state index is 11.9. The molecule has 8 nitrogen and oxygen atoms in total. The van der Waals surface area contributed by atoms with Crippen LogP contribution in [-0.2, 0) is 9.59 Å². The highest BCUT2D eigenvalue weighted by atomic mass is 16.5. The number of amides is 2. The van der Waals surface area contributed by atoms with Crippen molar-refractivity contribution >= 4 is 12.8 Å². The minimum absolute atomic E-state index is 0.171. The van der Waals surface area contributed by atoms with E-state index in [1.807, 2.05) is 9.80 Å². The number of hydrogen-bond acceptors (Lipinski definition) is 4. The predicted octanol–water partition coefficient (Wildman–Crippen LogP) is 2.79. The van der Waals surface area contributed by atoms with Crippen LogP contribution < -0.4 is 0 Å². The highest BCUT2D eigenvalue weighted by molar-refractivity contribution is 5.48. The second kappa shape index (κ2) is 10.8. The van der Waals surface area contributed by atoms with Gasteiger partial charge in [-0.1, -0.05) is 23.0 Å². The molecule has 0 aliphatic carbocycles. The lowest BCUT2D eigenvalue weighted by Crippen LogP contribution is -2.62. The molecule has 0 saturated carbocycles. The van der Waals surface area contributed by atoms with Crippen LogP contribution in [0, 0.1) is 0 Å². The Morgan fingerprint density at radius 3 is 1.12 bits per heavy atom. The number of unbranched alkanes of at least 4 members (excludes halogenated alkanes) is 3. The highest BCUT2D eigenvalue weighted by Gasteiger charge is 2.50. The van der Waals surface area contributed by atoms with E-state index in [1.165, 1.54) is 0 Å². The summed E-state index contributed by atoms with van der Waals surface area (Å²) in [6.07, 6.45) is 9.23. The second-order valence-electron chi connectivity index (χ2n) is 13.1. The maximum Gasteiger partial charge on any atom is 0.209 e. The van der Waals surface area contributed by atoms with E-state index in [0.717, 1.165) is 77.3 Å². The van der Waals surface area contributed by atoms with E-state index in [0.29, 0.717) is 0 Å². The van der Waals surface area contributed by atoms with Gasteiger partial charge >= 0.3 is 0 Å². The lowest BCUT2D eigenvalue weighted by Gasteiger charge is -2.50. The van der Waals surface area contributed by atoms with Crippen LogP contribution in [0.25, 0.3) is 0 Å². The van der Waals surface area contributed by atoms with Gasteiger partial charge in [0, 0.05) is 25.2 Å². The zero-order valence-electron chi connectivity index (χ0n) is 23.0. The molecule has 2 aliphatic rings. The molecule has 2 fully saturated rings. The monoisotopic (exact) mass is 484 g/mol. The van der Waals surface area contributed by atoms with Crippen molar-refractivity contribution in [2.45, 2.75) is 141 Å². The summed E-state index contributed by atoms with van der Waals surface area (Å²) in [7, 11) is 0. The largest absolute Gasteiger partial charge is 0.342 e. The Morgan fingerprint density at radius 1 is 0.618 bits per heavy atom. The fourth-order valence-electron chi connectivity index (χ4n) is 6.51. The second-order valence-corrected chi connectivity index (χ2v) is 13.1. The number of rotatable bonds is 11. The van der Waals surface area contributed by atoms with Gasteiger partial charge in [-0.25, -0.2) is 0 Å². The Hall–Kier alpha value is -1.22. The summed E-state index contributed by atoms with van der Waals surface area (Å²) in [5, 5.41) is 20.3.